The molecule has 0 radical (unpaired) electrons. The van der Waals surface area contributed by atoms with Crippen molar-refractivity contribution in [1.29, 1.82) is 0 Å². The van der Waals surface area contributed by atoms with Gasteiger partial charge in [-0.3, -0.25) is 0 Å². The summed E-state index contributed by atoms with van der Waals surface area (Å²) in [4.78, 5) is 0. The molecule has 0 spiro atoms. The second-order valence-corrected chi connectivity index (χ2v) is 8.76. The van der Waals surface area contributed by atoms with Crippen molar-refractivity contribution in [3.63, 3.8) is 0 Å². The number of benzene rings is 2. The predicted molar refractivity (Wildman–Crippen MR) is 116 cm³/mol. The number of sulfonamides is 1. The summed E-state index contributed by atoms with van der Waals surface area (Å²) in [5, 5.41) is 0. The zero-order chi connectivity index (χ0) is 20.5. The minimum atomic E-state index is -3.65. The molecule has 28 heavy (non-hydrogen) atoms. The number of nitrogens with zero attached hydrogens (tertiary/aromatic N) is 1. The van der Waals surface area contributed by atoms with E-state index in [9.17, 15) is 8.42 Å². The van der Waals surface area contributed by atoms with Gasteiger partial charge in [0.05, 0.1) is 10.0 Å². The Hall–Kier alpha value is -0.777. The predicted octanol–water partition coefficient (Wildman–Crippen LogP) is 6.80. The van der Waals surface area contributed by atoms with Crippen molar-refractivity contribution in [2.24, 2.45) is 5.41 Å². The molecule has 0 aliphatic rings. The summed E-state index contributed by atoms with van der Waals surface area (Å²) < 4.78 is 29.5. The monoisotopic (exact) mass is 510 g/mol. The first-order valence-corrected chi connectivity index (χ1v) is 12.5. The second kappa shape index (κ2) is 12.7. The molecule has 2 aromatic rings. The second-order valence-electron chi connectivity index (χ2n) is 7.09. The number of rotatable bonds is 8. The van der Waals surface area contributed by atoms with Gasteiger partial charge in [-0.2, -0.15) is 0 Å². The molecule has 7 heteroatoms. The van der Waals surface area contributed by atoms with Gasteiger partial charge >= 0.3 is 27.0 Å². The Morgan fingerprint density at radius 2 is 1.43 bits per heavy atom. The van der Waals surface area contributed by atoms with Gasteiger partial charge in [-0.1, -0.05) is 99.0 Å². The molecule has 2 aromatic carbocycles. The summed E-state index contributed by atoms with van der Waals surface area (Å²) in [6, 6.07) is 17.0. The third kappa shape index (κ3) is 8.71. The van der Waals surface area contributed by atoms with Crippen molar-refractivity contribution in [2.75, 3.05) is 5.75 Å². The van der Waals surface area contributed by atoms with Gasteiger partial charge in [0, 0.05) is 5.75 Å². The zero-order valence-corrected chi connectivity index (χ0v) is 20.1. The summed E-state index contributed by atoms with van der Waals surface area (Å²) in [5.74, 6) is -0.0126. The molecule has 0 aromatic heterocycles. The fourth-order valence-electron chi connectivity index (χ4n) is 2.61. The standard InChI is InChI=1S/C20H26N2O2S.CH3.ClH.Ru/c1-4-20(2,3)15-25(23,24)22-19(17-13-9-6-10-14-17)18(21)16-11-7-5-8-12-16;;;/h5-14,18-19,21H,4,15H2,1-3H3;1H3;1H;/q-2;-1;;+4/p-1. The summed E-state index contributed by atoms with van der Waals surface area (Å²) >= 11 is 1.82. The average molecular weight is 510 g/mol. The Labute approximate surface area is 185 Å². The summed E-state index contributed by atoms with van der Waals surface area (Å²) in [6.07, 6.45) is 0.751. The molecule has 0 saturated heterocycles. The van der Waals surface area contributed by atoms with Gasteiger partial charge in [0.25, 0.3) is 0 Å². The molecule has 2 unspecified atom stereocenters. The van der Waals surface area contributed by atoms with Gasteiger partial charge in [-0.05, 0) is 5.41 Å². The average Bonchev–Trinajstić information content (AvgIpc) is 2.68. The van der Waals surface area contributed by atoms with Gasteiger partial charge in [-0.25, -0.2) is 8.42 Å². The van der Waals surface area contributed by atoms with E-state index in [1.54, 1.807) is 0 Å². The van der Waals surface area contributed by atoms with Crippen molar-refractivity contribution < 1.29 is 25.7 Å². The zero-order valence-electron chi connectivity index (χ0n) is 16.7. The molecule has 0 saturated carbocycles. The molecule has 1 N–H and O–H groups in total. The Morgan fingerprint density at radius 1 is 1.00 bits per heavy atom. The molecule has 0 fully saturated rings. The van der Waals surface area contributed by atoms with Crippen LogP contribution in [0.15, 0.2) is 60.7 Å². The van der Waals surface area contributed by atoms with Crippen LogP contribution in [0.2, 0.25) is 0 Å². The summed E-state index contributed by atoms with van der Waals surface area (Å²) in [7, 11) is 0.922. The molecule has 156 valence electrons. The Kier molecular flexibility index (Phi) is 12.4. The summed E-state index contributed by atoms with van der Waals surface area (Å²) in [5.41, 5.74) is 9.76. The summed E-state index contributed by atoms with van der Waals surface area (Å²) in [6.45, 7) is 5.82. The van der Waals surface area contributed by atoms with Crippen LogP contribution in [0.3, 0.4) is 0 Å². The first-order chi connectivity index (χ1) is 12.7. The fourth-order valence-corrected chi connectivity index (χ4v) is 4.47. The molecule has 0 heterocycles. The Balaban J connectivity index is 0.00000235. The number of halogens is 1. The Morgan fingerprint density at radius 3 is 1.86 bits per heavy atom. The van der Waals surface area contributed by atoms with Crippen LogP contribution in [-0.4, -0.2) is 14.2 Å². The van der Waals surface area contributed by atoms with Crippen LogP contribution in [0.1, 0.15) is 50.4 Å². The molecule has 2 atom stereocenters. The van der Waals surface area contributed by atoms with Gasteiger partial charge in [0.1, 0.15) is 0 Å². The van der Waals surface area contributed by atoms with E-state index in [0.717, 1.165) is 17.5 Å². The first kappa shape index (κ1) is 27.2. The van der Waals surface area contributed by atoms with E-state index in [1.165, 1.54) is 0 Å². The van der Waals surface area contributed by atoms with Crippen LogP contribution < -0.4 is 0 Å². The Bertz CT molecular complexity index is 772. The van der Waals surface area contributed by atoms with Gasteiger partial charge in [0.15, 0.2) is 0 Å². The van der Waals surface area contributed by atoms with E-state index >= 15 is 0 Å². The third-order valence-electron chi connectivity index (χ3n) is 4.42. The van der Waals surface area contributed by atoms with E-state index in [4.69, 9.17) is 5.73 Å². The van der Waals surface area contributed by atoms with E-state index in [1.807, 2.05) is 98.7 Å². The van der Waals surface area contributed by atoms with Crippen molar-refractivity contribution in [3.05, 3.63) is 89.7 Å². The van der Waals surface area contributed by atoms with E-state index < -0.39 is 22.1 Å². The SMILES string of the molecule is CCC(C)(C)CS(=O)(=O)[N-]C(c1ccccc1)C([NH-])c1ccccc1.[CH3-].[Cl][Ru+3]. The van der Waals surface area contributed by atoms with Gasteiger partial charge in [0.2, 0.25) is 0 Å². The van der Waals surface area contributed by atoms with E-state index in [2.05, 4.69) is 14.4 Å². The maximum atomic E-state index is 12.7. The molecular weight excluding hydrogens is 481 g/mol. The number of hydrogen-bond donors (Lipinski definition) is 0. The molecule has 2 rings (SSSR count). The van der Waals surface area contributed by atoms with Gasteiger partial charge in [-0.15, -0.1) is 12.1 Å². The molecule has 0 aliphatic carbocycles. The molecule has 0 bridgehead atoms. The number of hydrogen-bond acceptors (Lipinski definition) is 2. The fraction of sp³-hybridized carbons (Fsp3) is 0.381. The molecule has 0 amide bonds. The number of nitrogens with one attached hydrogen (secondary N) is 1. The van der Waals surface area contributed by atoms with Crippen LogP contribution in [-0.2, 0) is 27.3 Å². The van der Waals surface area contributed by atoms with Crippen molar-refractivity contribution in [1.82, 2.24) is 0 Å². The third-order valence-corrected chi connectivity index (χ3v) is 6.11. The van der Waals surface area contributed by atoms with E-state index in [0.29, 0.717) is 0 Å². The van der Waals surface area contributed by atoms with Crippen molar-refractivity contribution in [2.45, 2.75) is 39.3 Å². The normalized spacial score (nSPS) is 13.5. The van der Waals surface area contributed by atoms with Crippen molar-refractivity contribution >= 4 is 19.7 Å². The molecule has 0 aliphatic heterocycles. The van der Waals surface area contributed by atoms with Crippen LogP contribution in [0.5, 0.6) is 0 Å². The van der Waals surface area contributed by atoms with Crippen LogP contribution in [0.4, 0.5) is 0 Å². The van der Waals surface area contributed by atoms with Crippen LogP contribution in [0, 0.1) is 12.8 Å². The molecular formula is C21H29ClN2O2RuS. The van der Waals surface area contributed by atoms with Crippen LogP contribution >= 0.6 is 9.69 Å². The molecule has 4 nitrogen and oxygen atoms in total. The minimum absolute atomic E-state index is 0. The van der Waals surface area contributed by atoms with Gasteiger partial charge < -0.3 is 17.9 Å². The van der Waals surface area contributed by atoms with Crippen molar-refractivity contribution in [3.8, 4) is 0 Å². The van der Waals surface area contributed by atoms with E-state index in [-0.39, 0.29) is 18.6 Å². The quantitative estimate of drug-likeness (QED) is 0.290. The topological polar surface area (TPSA) is 72.0 Å². The van der Waals surface area contributed by atoms with Crippen LogP contribution in [0.25, 0.3) is 10.5 Å². The maximum absolute atomic E-state index is 12.7. The first-order valence-electron chi connectivity index (χ1n) is 8.63.